The molecule has 5 nitrogen and oxygen atoms in total. The molecule has 0 saturated carbocycles. The van der Waals surface area contributed by atoms with Crippen LogP contribution in [0.1, 0.15) is 15.9 Å². The Labute approximate surface area is 111 Å². The number of hydrogen-bond acceptors (Lipinski definition) is 5. The molecule has 1 heterocycles. The third-order valence-corrected chi connectivity index (χ3v) is 3.30. The molecule has 1 fully saturated rings. The van der Waals surface area contributed by atoms with Gasteiger partial charge in [-0.25, -0.2) is 0 Å². The number of carbonyl (C=O) groups is 1. The van der Waals surface area contributed by atoms with Gasteiger partial charge in [0.2, 0.25) is 0 Å². The van der Waals surface area contributed by atoms with E-state index in [-0.39, 0.29) is 19.0 Å². The number of hydrogen-bond donors (Lipinski definition) is 0. The largest absolute Gasteiger partial charge is 0.497 e. The molecule has 1 aromatic rings. The topological polar surface area (TPSA) is 68.6 Å². The van der Waals surface area contributed by atoms with Crippen LogP contribution >= 0.6 is 0 Å². The van der Waals surface area contributed by atoms with Crippen molar-refractivity contribution in [2.75, 3.05) is 27.4 Å². The average Bonchev–Trinajstić information content (AvgIpc) is 2.36. The first-order chi connectivity index (χ1) is 9.07. The van der Waals surface area contributed by atoms with Crippen LogP contribution in [-0.4, -0.2) is 33.2 Å². The highest BCUT2D eigenvalue weighted by molar-refractivity contribution is 6.06. The van der Waals surface area contributed by atoms with E-state index in [1.54, 1.807) is 26.2 Å². The van der Waals surface area contributed by atoms with Crippen molar-refractivity contribution >= 4 is 5.78 Å². The van der Waals surface area contributed by atoms with E-state index in [4.69, 9.17) is 14.2 Å². The Morgan fingerprint density at radius 2 is 2.05 bits per heavy atom. The predicted molar refractivity (Wildman–Crippen MR) is 67.5 cm³/mol. The van der Waals surface area contributed by atoms with Crippen molar-refractivity contribution in [3.63, 3.8) is 0 Å². The van der Waals surface area contributed by atoms with Crippen LogP contribution in [-0.2, 0) is 4.74 Å². The van der Waals surface area contributed by atoms with Gasteiger partial charge in [0.25, 0.3) is 0 Å². The number of carbonyl (C=O) groups excluding carboxylic acids is 1. The number of methoxy groups -OCH3 is 2. The van der Waals surface area contributed by atoms with Crippen LogP contribution in [0.3, 0.4) is 0 Å². The van der Waals surface area contributed by atoms with Gasteiger partial charge < -0.3 is 14.2 Å². The summed E-state index contributed by atoms with van der Waals surface area (Å²) in [6.45, 7) is 2.07. The van der Waals surface area contributed by atoms with Crippen LogP contribution in [0.4, 0.5) is 0 Å². The van der Waals surface area contributed by atoms with Crippen LogP contribution in [0.15, 0.2) is 12.1 Å². The fraction of sp³-hybridized carbons (Fsp3) is 0.429. The highest BCUT2D eigenvalue weighted by Gasteiger charge is 2.48. The van der Waals surface area contributed by atoms with Crippen molar-refractivity contribution in [3.05, 3.63) is 23.3 Å². The minimum atomic E-state index is -1.08. The molecule has 19 heavy (non-hydrogen) atoms. The minimum absolute atomic E-state index is 0.136. The van der Waals surface area contributed by atoms with Gasteiger partial charge in [-0.1, -0.05) is 0 Å². The quantitative estimate of drug-likeness (QED) is 0.772. The number of nitriles is 1. The highest BCUT2D eigenvalue weighted by Crippen LogP contribution is 2.37. The molecule has 0 atom stereocenters. The van der Waals surface area contributed by atoms with E-state index in [1.807, 2.05) is 0 Å². The van der Waals surface area contributed by atoms with Gasteiger partial charge in [0.05, 0.1) is 39.1 Å². The van der Waals surface area contributed by atoms with Crippen LogP contribution in [0.2, 0.25) is 0 Å². The zero-order valence-corrected chi connectivity index (χ0v) is 11.1. The zero-order chi connectivity index (χ0) is 14.0. The maximum Gasteiger partial charge on any atom is 0.191 e. The SMILES string of the molecule is COc1cc(C)c(C(=O)C2(C#N)COC2)c(OC)c1. The molecule has 1 aromatic carbocycles. The Bertz CT molecular complexity index is 555. The second kappa shape index (κ2) is 4.90. The summed E-state index contributed by atoms with van der Waals surface area (Å²) in [6, 6.07) is 5.45. The van der Waals surface area contributed by atoms with E-state index >= 15 is 0 Å². The number of aryl methyl sites for hydroxylation is 1. The summed E-state index contributed by atoms with van der Waals surface area (Å²) >= 11 is 0. The van der Waals surface area contributed by atoms with Gasteiger partial charge >= 0.3 is 0 Å². The lowest BCUT2D eigenvalue weighted by atomic mass is 9.78. The summed E-state index contributed by atoms with van der Waals surface area (Å²) in [5.74, 6) is 0.781. The molecule has 0 amide bonds. The zero-order valence-electron chi connectivity index (χ0n) is 11.1. The number of ether oxygens (including phenoxy) is 3. The summed E-state index contributed by atoms with van der Waals surface area (Å²) in [7, 11) is 3.04. The third-order valence-electron chi connectivity index (χ3n) is 3.30. The first-order valence-corrected chi connectivity index (χ1v) is 5.84. The molecule has 1 saturated heterocycles. The minimum Gasteiger partial charge on any atom is -0.497 e. The van der Waals surface area contributed by atoms with Gasteiger partial charge in [0.15, 0.2) is 11.2 Å². The molecule has 2 rings (SSSR count). The number of ketones is 1. The van der Waals surface area contributed by atoms with Crippen molar-refractivity contribution in [1.29, 1.82) is 5.26 Å². The van der Waals surface area contributed by atoms with E-state index in [2.05, 4.69) is 6.07 Å². The normalized spacial score (nSPS) is 16.1. The van der Waals surface area contributed by atoms with Gasteiger partial charge in [-0.15, -0.1) is 0 Å². The molecule has 0 spiro atoms. The van der Waals surface area contributed by atoms with Crippen LogP contribution in [0.25, 0.3) is 0 Å². The van der Waals surface area contributed by atoms with Gasteiger partial charge in [0, 0.05) is 6.07 Å². The Morgan fingerprint density at radius 1 is 1.37 bits per heavy atom. The summed E-state index contributed by atoms with van der Waals surface area (Å²) in [6.07, 6.45) is 0. The van der Waals surface area contributed by atoms with Crippen LogP contribution in [0, 0.1) is 23.7 Å². The van der Waals surface area contributed by atoms with E-state index < -0.39 is 5.41 Å². The second-order valence-corrected chi connectivity index (χ2v) is 4.54. The first-order valence-electron chi connectivity index (χ1n) is 5.84. The van der Waals surface area contributed by atoms with Crippen LogP contribution in [0.5, 0.6) is 11.5 Å². The van der Waals surface area contributed by atoms with Crippen molar-refractivity contribution in [2.45, 2.75) is 6.92 Å². The molecule has 1 aliphatic heterocycles. The van der Waals surface area contributed by atoms with E-state index in [0.29, 0.717) is 17.1 Å². The lowest BCUT2D eigenvalue weighted by Gasteiger charge is -2.34. The summed E-state index contributed by atoms with van der Waals surface area (Å²) in [4.78, 5) is 12.6. The Kier molecular flexibility index (Phi) is 3.45. The van der Waals surface area contributed by atoms with Gasteiger partial charge in [-0.05, 0) is 18.6 Å². The standard InChI is InChI=1S/C14H15NO4/c1-9-4-10(17-2)5-11(18-3)12(9)13(16)14(6-15)7-19-8-14/h4-5H,7-8H2,1-3H3. The second-order valence-electron chi connectivity index (χ2n) is 4.54. The third kappa shape index (κ3) is 2.04. The molecular formula is C14H15NO4. The summed E-state index contributed by atoms with van der Waals surface area (Å²) in [5.41, 5.74) is 0.0722. The molecule has 100 valence electrons. The molecule has 0 radical (unpaired) electrons. The lowest BCUT2D eigenvalue weighted by Crippen LogP contribution is -2.48. The van der Waals surface area contributed by atoms with Crippen molar-refractivity contribution in [1.82, 2.24) is 0 Å². The maximum absolute atomic E-state index is 12.6. The Morgan fingerprint density at radius 3 is 2.47 bits per heavy atom. The number of benzene rings is 1. The smallest absolute Gasteiger partial charge is 0.191 e. The number of rotatable bonds is 4. The summed E-state index contributed by atoms with van der Waals surface area (Å²) < 4.78 is 15.4. The van der Waals surface area contributed by atoms with Gasteiger partial charge in [0.1, 0.15) is 11.5 Å². The Balaban J connectivity index is 2.50. The molecule has 5 heteroatoms. The molecule has 0 aromatic heterocycles. The molecule has 0 aliphatic carbocycles. The molecular weight excluding hydrogens is 246 g/mol. The average molecular weight is 261 g/mol. The van der Waals surface area contributed by atoms with Crippen LogP contribution < -0.4 is 9.47 Å². The predicted octanol–water partition coefficient (Wildman–Crippen LogP) is 1.74. The number of Topliss-reactive ketones (excluding diaryl/α,β-unsaturated/α-hetero) is 1. The van der Waals surface area contributed by atoms with Gasteiger partial charge in [-0.3, -0.25) is 4.79 Å². The maximum atomic E-state index is 12.6. The fourth-order valence-electron chi connectivity index (χ4n) is 2.08. The fourth-order valence-corrected chi connectivity index (χ4v) is 2.08. The molecule has 1 aliphatic rings. The first kappa shape index (κ1) is 13.4. The monoisotopic (exact) mass is 261 g/mol. The van der Waals surface area contributed by atoms with Crippen molar-refractivity contribution < 1.29 is 19.0 Å². The van der Waals surface area contributed by atoms with Gasteiger partial charge in [-0.2, -0.15) is 5.26 Å². The van der Waals surface area contributed by atoms with E-state index in [0.717, 1.165) is 5.56 Å². The van der Waals surface area contributed by atoms with E-state index in [9.17, 15) is 10.1 Å². The molecule has 0 bridgehead atoms. The van der Waals surface area contributed by atoms with Crippen molar-refractivity contribution in [2.24, 2.45) is 5.41 Å². The lowest BCUT2D eigenvalue weighted by molar-refractivity contribution is -0.0567. The molecule has 0 N–H and O–H groups in total. The number of nitrogens with zero attached hydrogens (tertiary/aromatic N) is 1. The van der Waals surface area contributed by atoms with Crippen molar-refractivity contribution in [3.8, 4) is 17.6 Å². The Hall–Kier alpha value is -2.06. The highest BCUT2D eigenvalue weighted by atomic mass is 16.5. The van der Waals surface area contributed by atoms with E-state index in [1.165, 1.54) is 7.11 Å². The summed E-state index contributed by atoms with van der Waals surface area (Å²) in [5, 5.41) is 9.21. The molecule has 0 unspecified atom stereocenters.